The van der Waals surface area contributed by atoms with Crippen LogP contribution in [0.15, 0.2) is 46.4 Å². The standard InChI is InChI=1S/C20H16N6O5S/c21-12-14(18(27)22-19-23-24-20(32-19)25-7-9-30-10-8-25)11-16-5-6-17(31-16)13-1-3-15(4-2-13)26(28)29/h1-6,11H,7-10H2,(H,22,23,27). The number of ether oxygens (including phenoxy) is 1. The zero-order valence-corrected chi connectivity index (χ0v) is 17.4. The molecule has 0 aliphatic carbocycles. The molecule has 3 aromatic rings. The summed E-state index contributed by atoms with van der Waals surface area (Å²) < 4.78 is 11.0. The van der Waals surface area contributed by atoms with Crippen LogP contribution in [0.4, 0.5) is 16.0 Å². The van der Waals surface area contributed by atoms with E-state index in [1.165, 1.54) is 29.5 Å². The van der Waals surface area contributed by atoms with Crippen molar-refractivity contribution in [1.29, 1.82) is 5.26 Å². The lowest BCUT2D eigenvalue weighted by Gasteiger charge is -2.25. The van der Waals surface area contributed by atoms with Crippen molar-refractivity contribution in [2.45, 2.75) is 0 Å². The number of amides is 1. The number of carbonyl (C=O) groups is 1. The Bertz CT molecular complexity index is 1200. The molecule has 1 fully saturated rings. The highest BCUT2D eigenvalue weighted by atomic mass is 32.1. The Hall–Kier alpha value is -4.08. The molecule has 1 N–H and O–H groups in total. The summed E-state index contributed by atoms with van der Waals surface area (Å²) in [7, 11) is 0. The van der Waals surface area contributed by atoms with E-state index in [2.05, 4.69) is 15.5 Å². The van der Waals surface area contributed by atoms with Gasteiger partial charge in [0, 0.05) is 36.9 Å². The number of carbonyl (C=O) groups excluding carboxylic acids is 1. The van der Waals surface area contributed by atoms with Gasteiger partial charge in [-0.15, -0.1) is 10.2 Å². The third kappa shape index (κ3) is 4.80. The van der Waals surface area contributed by atoms with Gasteiger partial charge in [-0.3, -0.25) is 20.2 Å². The van der Waals surface area contributed by atoms with Crippen molar-refractivity contribution in [2.24, 2.45) is 0 Å². The topological polar surface area (TPSA) is 147 Å². The molecule has 12 heteroatoms. The van der Waals surface area contributed by atoms with Crippen LogP contribution in [0.1, 0.15) is 5.76 Å². The van der Waals surface area contributed by atoms with Gasteiger partial charge in [-0.1, -0.05) is 11.3 Å². The number of nitro benzene ring substituents is 1. The molecule has 0 bridgehead atoms. The van der Waals surface area contributed by atoms with Gasteiger partial charge < -0.3 is 14.1 Å². The molecule has 1 aliphatic heterocycles. The van der Waals surface area contributed by atoms with E-state index in [-0.39, 0.29) is 22.2 Å². The van der Waals surface area contributed by atoms with Gasteiger partial charge in [-0.05, 0) is 24.3 Å². The van der Waals surface area contributed by atoms with Crippen LogP contribution in [0, 0.1) is 21.4 Å². The number of hydrogen-bond acceptors (Lipinski definition) is 10. The monoisotopic (exact) mass is 452 g/mol. The molecule has 0 unspecified atom stereocenters. The van der Waals surface area contributed by atoms with E-state index < -0.39 is 10.8 Å². The third-order valence-corrected chi connectivity index (χ3v) is 5.46. The van der Waals surface area contributed by atoms with Gasteiger partial charge in [0.05, 0.1) is 18.1 Å². The highest BCUT2D eigenvalue weighted by Crippen LogP contribution is 2.27. The second kappa shape index (κ2) is 9.38. The Labute approximate surface area is 185 Å². The lowest BCUT2D eigenvalue weighted by Crippen LogP contribution is -2.36. The number of hydrogen-bond donors (Lipinski definition) is 1. The number of nitriles is 1. The summed E-state index contributed by atoms with van der Waals surface area (Å²) in [5.41, 5.74) is 0.428. The first kappa shape index (κ1) is 21.2. The number of nitrogens with one attached hydrogen (secondary N) is 1. The number of benzene rings is 1. The molecule has 0 spiro atoms. The first-order valence-electron chi connectivity index (χ1n) is 9.47. The van der Waals surface area contributed by atoms with Crippen molar-refractivity contribution in [1.82, 2.24) is 10.2 Å². The van der Waals surface area contributed by atoms with Crippen LogP contribution in [0.2, 0.25) is 0 Å². The van der Waals surface area contributed by atoms with Crippen molar-refractivity contribution in [3.63, 3.8) is 0 Å². The summed E-state index contributed by atoms with van der Waals surface area (Å²) in [5.74, 6) is 0.102. The van der Waals surface area contributed by atoms with E-state index in [1.807, 2.05) is 11.0 Å². The van der Waals surface area contributed by atoms with Crippen molar-refractivity contribution < 1.29 is 18.9 Å². The lowest BCUT2D eigenvalue weighted by atomic mass is 10.1. The molecular weight excluding hydrogens is 436 g/mol. The van der Waals surface area contributed by atoms with Gasteiger partial charge in [0.1, 0.15) is 23.2 Å². The van der Waals surface area contributed by atoms with E-state index in [1.54, 1.807) is 24.3 Å². The largest absolute Gasteiger partial charge is 0.457 e. The number of morpholine rings is 1. The smallest absolute Gasteiger partial charge is 0.269 e. The molecule has 2 aromatic heterocycles. The summed E-state index contributed by atoms with van der Waals surface area (Å²) in [6, 6.07) is 11.0. The quantitative estimate of drug-likeness (QED) is 0.258. The van der Waals surface area contributed by atoms with Crippen LogP contribution in [0.5, 0.6) is 0 Å². The molecule has 32 heavy (non-hydrogen) atoms. The van der Waals surface area contributed by atoms with Crippen LogP contribution < -0.4 is 10.2 Å². The Morgan fingerprint density at radius 3 is 2.66 bits per heavy atom. The fourth-order valence-electron chi connectivity index (χ4n) is 2.94. The Kier molecular flexibility index (Phi) is 6.20. The molecule has 0 saturated carbocycles. The Balaban J connectivity index is 1.45. The number of nitro groups is 1. The number of furan rings is 1. The summed E-state index contributed by atoms with van der Waals surface area (Å²) in [5, 5.41) is 31.8. The number of anilines is 2. The summed E-state index contributed by atoms with van der Waals surface area (Å²) in [6.45, 7) is 2.60. The van der Waals surface area contributed by atoms with Crippen molar-refractivity contribution in [3.8, 4) is 17.4 Å². The lowest BCUT2D eigenvalue weighted by molar-refractivity contribution is -0.384. The maximum absolute atomic E-state index is 12.5. The van der Waals surface area contributed by atoms with E-state index in [4.69, 9.17) is 9.15 Å². The maximum atomic E-state index is 12.5. The Morgan fingerprint density at radius 1 is 1.22 bits per heavy atom. The maximum Gasteiger partial charge on any atom is 0.269 e. The second-order valence-electron chi connectivity index (χ2n) is 6.62. The number of nitrogens with zero attached hydrogens (tertiary/aromatic N) is 5. The first-order valence-corrected chi connectivity index (χ1v) is 10.3. The van der Waals surface area contributed by atoms with Crippen molar-refractivity contribution >= 4 is 39.3 Å². The minimum Gasteiger partial charge on any atom is -0.457 e. The van der Waals surface area contributed by atoms with Crippen LogP contribution in [0.25, 0.3) is 17.4 Å². The molecule has 1 amide bonds. The molecule has 1 aliphatic rings. The highest BCUT2D eigenvalue weighted by molar-refractivity contribution is 7.19. The fraction of sp³-hybridized carbons (Fsp3) is 0.200. The number of non-ortho nitro benzene ring substituents is 1. The van der Waals surface area contributed by atoms with Gasteiger partial charge in [-0.25, -0.2) is 0 Å². The first-order chi connectivity index (χ1) is 15.5. The molecule has 0 radical (unpaired) electrons. The highest BCUT2D eigenvalue weighted by Gasteiger charge is 2.18. The van der Waals surface area contributed by atoms with Gasteiger partial charge in [0.15, 0.2) is 0 Å². The van der Waals surface area contributed by atoms with Gasteiger partial charge >= 0.3 is 0 Å². The average Bonchev–Trinajstić information content (AvgIpc) is 3.48. The summed E-state index contributed by atoms with van der Waals surface area (Å²) in [6.07, 6.45) is 1.31. The zero-order chi connectivity index (χ0) is 22.5. The van der Waals surface area contributed by atoms with Crippen LogP contribution >= 0.6 is 11.3 Å². The molecule has 1 aromatic carbocycles. The molecule has 3 heterocycles. The van der Waals surface area contributed by atoms with Gasteiger partial charge in [-0.2, -0.15) is 5.26 Å². The molecular formula is C20H16N6O5S. The predicted octanol–water partition coefficient (Wildman–Crippen LogP) is 3.09. The minimum absolute atomic E-state index is 0.0303. The molecule has 11 nitrogen and oxygen atoms in total. The van der Waals surface area contributed by atoms with Crippen LogP contribution in [-0.2, 0) is 9.53 Å². The van der Waals surface area contributed by atoms with Crippen molar-refractivity contribution in [2.75, 3.05) is 36.5 Å². The van der Waals surface area contributed by atoms with E-state index in [0.29, 0.717) is 42.8 Å². The normalized spacial score (nSPS) is 14.1. The third-order valence-electron chi connectivity index (χ3n) is 4.56. The van der Waals surface area contributed by atoms with Gasteiger partial charge in [0.2, 0.25) is 10.3 Å². The Morgan fingerprint density at radius 2 is 1.97 bits per heavy atom. The predicted molar refractivity (Wildman–Crippen MR) is 116 cm³/mol. The fourth-order valence-corrected chi connectivity index (χ4v) is 3.73. The van der Waals surface area contributed by atoms with E-state index in [9.17, 15) is 20.2 Å². The van der Waals surface area contributed by atoms with Crippen LogP contribution in [0.3, 0.4) is 0 Å². The average molecular weight is 452 g/mol. The SMILES string of the molecule is N#CC(=Cc1ccc(-c2ccc([N+](=O)[O-])cc2)o1)C(=O)Nc1nnc(N2CCOCC2)s1. The summed E-state index contributed by atoms with van der Waals surface area (Å²) >= 11 is 1.21. The second-order valence-corrected chi connectivity index (χ2v) is 7.58. The summed E-state index contributed by atoms with van der Waals surface area (Å²) in [4.78, 5) is 24.8. The van der Waals surface area contributed by atoms with E-state index >= 15 is 0 Å². The van der Waals surface area contributed by atoms with Gasteiger partial charge in [0.25, 0.3) is 11.6 Å². The molecule has 1 saturated heterocycles. The molecule has 162 valence electrons. The molecule has 4 rings (SSSR count). The van der Waals surface area contributed by atoms with Crippen LogP contribution in [-0.4, -0.2) is 47.3 Å². The zero-order valence-electron chi connectivity index (χ0n) is 16.6. The van der Waals surface area contributed by atoms with Crippen molar-refractivity contribution in [3.05, 3.63) is 57.8 Å². The molecule has 0 atom stereocenters. The minimum atomic E-state index is -0.634. The number of rotatable bonds is 6. The van der Waals surface area contributed by atoms with E-state index in [0.717, 1.165) is 0 Å². The number of aromatic nitrogens is 2.